The van der Waals surface area contributed by atoms with Crippen LogP contribution >= 0.6 is 0 Å². The lowest BCUT2D eigenvalue weighted by Gasteiger charge is -2.05. The van der Waals surface area contributed by atoms with Crippen LogP contribution in [0.25, 0.3) is 33.5 Å². The number of aromatic amines is 2. The molecule has 5 rings (SSSR count). The maximum Gasteiger partial charge on any atom is 0.248 e. The molecule has 0 aliphatic rings. The van der Waals surface area contributed by atoms with Crippen molar-refractivity contribution in [3.8, 4) is 11.4 Å². The van der Waals surface area contributed by atoms with Crippen LogP contribution in [0.2, 0.25) is 0 Å². The van der Waals surface area contributed by atoms with Crippen LogP contribution in [-0.2, 0) is 6.54 Å². The fourth-order valence-electron chi connectivity index (χ4n) is 3.07. The average Bonchev–Trinajstić information content (AvgIpc) is 3.32. The predicted molar refractivity (Wildman–Crippen MR) is 98.8 cm³/mol. The fourth-order valence-corrected chi connectivity index (χ4v) is 3.07. The Bertz CT molecular complexity index is 1280. The van der Waals surface area contributed by atoms with Gasteiger partial charge in [0.2, 0.25) is 5.56 Å². The van der Waals surface area contributed by atoms with Crippen LogP contribution < -0.4 is 5.56 Å². The van der Waals surface area contributed by atoms with Gasteiger partial charge in [-0.2, -0.15) is 0 Å². The molecule has 2 N–H and O–H groups in total. The molecular formula is C19H14N6O. The van der Waals surface area contributed by atoms with Crippen molar-refractivity contribution in [2.45, 2.75) is 6.54 Å². The van der Waals surface area contributed by atoms with Gasteiger partial charge in [0.15, 0.2) is 5.65 Å². The van der Waals surface area contributed by atoms with Crippen LogP contribution in [0, 0.1) is 0 Å². The van der Waals surface area contributed by atoms with E-state index in [0.29, 0.717) is 6.54 Å². The van der Waals surface area contributed by atoms with Gasteiger partial charge in [-0.05, 0) is 53.4 Å². The van der Waals surface area contributed by atoms with Gasteiger partial charge in [-0.3, -0.25) is 4.79 Å². The second-order valence-corrected chi connectivity index (χ2v) is 6.11. The summed E-state index contributed by atoms with van der Waals surface area (Å²) in [5.74, 6) is 0. The molecule has 7 nitrogen and oxygen atoms in total. The highest BCUT2D eigenvalue weighted by atomic mass is 16.1. The molecule has 4 heterocycles. The Morgan fingerprint density at radius 3 is 2.88 bits per heavy atom. The van der Waals surface area contributed by atoms with E-state index >= 15 is 0 Å². The molecular weight excluding hydrogens is 328 g/mol. The summed E-state index contributed by atoms with van der Waals surface area (Å²) in [5, 5.41) is 9.43. The average molecular weight is 342 g/mol. The molecule has 7 heteroatoms. The van der Waals surface area contributed by atoms with E-state index in [0.717, 1.165) is 39.0 Å². The number of pyridine rings is 2. The Labute approximate surface area is 147 Å². The molecule has 0 aliphatic heterocycles. The number of rotatable bonds is 3. The summed E-state index contributed by atoms with van der Waals surface area (Å²) >= 11 is 0. The van der Waals surface area contributed by atoms with E-state index in [9.17, 15) is 4.79 Å². The quantitative estimate of drug-likeness (QED) is 0.527. The van der Waals surface area contributed by atoms with Crippen LogP contribution in [0.15, 0.2) is 65.6 Å². The van der Waals surface area contributed by atoms with Crippen LogP contribution in [0.1, 0.15) is 5.56 Å². The summed E-state index contributed by atoms with van der Waals surface area (Å²) in [6, 6.07) is 17.0. The summed E-state index contributed by atoms with van der Waals surface area (Å²) in [5.41, 5.74) is 5.06. The zero-order chi connectivity index (χ0) is 17.5. The summed E-state index contributed by atoms with van der Waals surface area (Å²) in [6.45, 7) is 0.548. The van der Waals surface area contributed by atoms with Gasteiger partial charge < -0.3 is 9.97 Å². The van der Waals surface area contributed by atoms with Crippen molar-refractivity contribution in [1.29, 1.82) is 0 Å². The largest absolute Gasteiger partial charge is 0.360 e. The molecule has 0 saturated heterocycles. The van der Waals surface area contributed by atoms with Gasteiger partial charge in [0.1, 0.15) is 5.52 Å². The molecule has 5 aromatic rings. The van der Waals surface area contributed by atoms with E-state index in [1.54, 1.807) is 4.68 Å². The number of H-pyrrole nitrogens is 2. The van der Waals surface area contributed by atoms with Crippen molar-refractivity contribution in [2.75, 3.05) is 0 Å². The zero-order valence-electron chi connectivity index (χ0n) is 13.7. The third-order valence-electron chi connectivity index (χ3n) is 4.35. The summed E-state index contributed by atoms with van der Waals surface area (Å²) in [7, 11) is 0. The Kier molecular flexibility index (Phi) is 3.18. The minimum absolute atomic E-state index is 0.103. The summed E-state index contributed by atoms with van der Waals surface area (Å²) in [6.07, 6.45) is 1.87. The smallest absolute Gasteiger partial charge is 0.248 e. The second kappa shape index (κ2) is 5.66. The Hall–Kier alpha value is -3.74. The highest BCUT2D eigenvalue weighted by Gasteiger charge is 2.10. The maximum absolute atomic E-state index is 11.4. The molecule has 0 aliphatic carbocycles. The van der Waals surface area contributed by atoms with Crippen LogP contribution in [0.5, 0.6) is 0 Å². The van der Waals surface area contributed by atoms with Gasteiger partial charge in [0.25, 0.3) is 0 Å². The van der Waals surface area contributed by atoms with Crippen molar-refractivity contribution < 1.29 is 0 Å². The molecule has 0 bridgehead atoms. The summed E-state index contributed by atoms with van der Waals surface area (Å²) in [4.78, 5) is 22.1. The van der Waals surface area contributed by atoms with Gasteiger partial charge in [-0.15, -0.1) is 5.10 Å². The first-order chi connectivity index (χ1) is 12.8. The Morgan fingerprint density at radius 1 is 1.04 bits per heavy atom. The lowest BCUT2D eigenvalue weighted by atomic mass is 10.1. The normalized spacial score (nSPS) is 11.4. The van der Waals surface area contributed by atoms with Gasteiger partial charge >= 0.3 is 0 Å². The molecule has 0 saturated carbocycles. The molecule has 0 radical (unpaired) electrons. The lowest BCUT2D eigenvalue weighted by Crippen LogP contribution is -2.05. The van der Waals surface area contributed by atoms with Crippen LogP contribution in [-0.4, -0.2) is 29.9 Å². The van der Waals surface area contributed by atoms with Crippen molar-refractivity contribution in [1.82, 2.24) is 29.9 Å². The minimum Gasteiger partial charge on any atom is -0.360 e. The highest BCUT2D eigenvalue weighted by molar-refractivity contribution is 5.79. The molecule has 4 aromatic heterocycles. The van der Waals surface area contributed by atoms with E-state index < -0.39 is 0 Å². The first-order valence-corrected chi connectivity index (χ1v) is 8.22. The van der Waals surface area contributed by atoms with Crippen molar-refractivity contribution in [3.05, 3.63) is 76.7 Å². The summed E-state index contributed by atoms with van der Waals surface area (Å²) < 4.78 is 1.79. The second-order valence-electron chi connectivity index (χ2n) is 6.11. The van der Waals surface area contributed by atoms with Gasteiger partial charge in [0.05, 0.1) is 17.9 Å². The number of nitrogens with one attached hydrogen (secondary N) is 2. The molecule has 26 heavy (non-hydrogen) atoms. The number of hydrogen-bond donors (Lipinski definition) is 2. The topological polar surface area (TPSA) is 92.2 Å². The van der Waals surface area contributed by atoms with E-state index in [-0.39, 0.29) is 5.56 Å². The first-order valence-electron chi connectivity index (χ1n) is 8.22. The third-order valence-corrected chi connectivity index (χ3v) is 4.35. The van der Waals surface area contributed by atoms with Crippen molar-refractivity contribution in [3.63, 3.8) is 0 Å². The number of benzene rings is 1. The fraction of sp³-hybridized carbons (Fsp3) is 0.0526. The molecule has 0 unspecified atom stereocenters. The van der Waals surface area contributed by atoms with E-state index in [1.807, 2.05) is 54.7 Å². The van der Waals surface area contributed by atoms with Gasteiger partial charge in [-0.1, -0.05) is 11.3 Å². The molecule has 126 valence electrons. The highest BCUT2D eigenvalue weighted by Crippen LogP contribution is 2.19. The SMILES string of the molecule is O=c1ccc2cc(Cn3nnc4ccc(-c5ccc[nH]5)nc43)ccc2[nH]1. The number of nitrogens with zero attached hydrogens (tertiary/aromatic N) is 4. The van der Waals surface area contributed by atoms with Crippen LogP contribution in [0.3, 0.4) is 0 Å². The molecule has 0 fully saturated rings. The Morgan fingerprint density at radius 2 is 2.00 bits per heavy atom. The number of hydrogen-bond acceptors (Lipinski definition) is 4. The predicted octanol–water partition coefficient (Wildman–Crippen LogP) is 2.71. The first kappa shape index (κ1) is 14.6. The standard InChI is InChI=1S/C19H14N6O/c26-18-8-4-13-10-12(3-5-14(13)21-18)11-25-19-17(23-24-25)7-6-16(22-19)15-2-1-9-20-15/h1-10,20H,11H2,(H,21,26). The molecule has 0 spiro atoms. The van der Waals surface area contributed by atoms with Gasteiger partial charge in [-0.25, -0.2) is 9.67 Å². The van der Waals surface area contributed by atoms with Crippen molar-refractivity contribution >= 4 is 22.1 Å². The monoisotopic (exact) mass is 342 g/mol. The van der Waals surface area contributed by atoms with Gasteiger partial charge in [0, 0.05) is 17.8 Å². The lowest BCUT2D eigenvalue weighted by molar-refractivity contribution is 0.664. The molecule has 0 amide bonds. The zero-order valence-corrected chi connectivity index (χ0v) is 13.7. The molecule has 1 aromatic carbocycles. The third kappa shape index (κ3) is 2.46. The van der Waals surface area contributed by atoms with Crippen molar-refractivity contribution in [2.24, 2.45) is 0 Å². The number of aromatic nitrogens is 6. The minimum atomic E-state index is -0.103. The maximum atomic E-state index is 11.4. The number of fused-ring (bicyclic) bond motifs is 2. The van der Waals surface area contributed by atoms with E-state index in [4.69, 9.17) is 4.98 Å². The van der Waals surface area contributed by atoms with E-state index in [2.05, 4.69) is 20.3 Å². The molecule has 0 atom stereocenters. The van der Waals surface area contributed by atoms with Crippen LogP contribution in [0.4, 0.5) is 0 Å². The Balaban J connectivity index is 1.55. The van der Waals surface area contributed by atoms with E-state index in [1.165, 1.54) is 6.07 Å².